The number of carbonyl (C=O) groups is 1. The highest BCUT2D eigenvalue weighted by Crippen LogP contribution is 2.33. The van der Waals surface area contributed by atoms with Crippen LogP contribution in [0.15, 0.2) is 60.7 Å². The first kappa shape index (κ1) is 18.2. The van der Waals surface area contributed by atoms with E-state index in [2.05, 4.69) is 4.90 Å². The minimum Gasteiger partial charge on any atom is -0.462 e. The van der Waals surface area contributed by atoms with Gasteiger partial charge in [0.2, 0.25) is 0 Å². The smallest absolute Gasteiger partial charge is 0.321 e. The Morgan fingerprint density at radius 2 is 1.46 bits per heavy atom. The Hall–Kier alpha value is -2.13. The second-order valence-corrected chi connectivity index (χ2v) is 6.66. The van der Waals surface area contributed by atoms with E-state index in [0.29, 0.717) is 0 Å². The van der Waals surface area contributed by atoms with Crippen LogP contribution in [0.1, 0.15) is 31.4 Å². The summed E-state index contributed by atoms with van der Waals surface area (Å²) in [6.45, 7) is 4.79. The Labute approximate surface area is 145 Å². The lowest BCUT2D eigenvalue weighted by molar-refractivity contribution is -0.153. The number of hydrogen-bond donors (Lipinski definition) is 0. The van der Waals surface area contributed by atoms with Gasteiger partial charge < -0.3 is 9.64 Å². The molecule has 0 saturated carbocycles. The summed E-state index contributed by atoms with van der Waals surface area (Å²) in [7, 11) is 4.04. The van der Waals surface area contributed by atoms with Crippen molar-refractivity contribution in [3.8, 4) is 0 Å². The van der Waals surface area contributed by atoms with E-state index in [1.54, 1.807) is 0 Å². The van der Waals surface area contributed by atoms with Gasteiger partial charge in [0, 0.05) is 6.54 Å². The van der Waals surface area contributed by atoms with Crippen LogP contribution in [0.2, 0.25) is 0 Å². The highest BCUT2D eigenvalue weighted by atomic mass is 16.5. The number of benzene rings is 2. The van der Waals surface area contributed by atoms with Crippen LogP contribution in [0.25, 0.3) is 0 Å². The van der Waals surface area contributed by atoms with Crippen molar-refractivity contribution < 1.29 is 9.53 Å². The van der Waals surface area contributed by atoms with Gasteiger partial charge in [0.15, 0.2) is 0 Å². The van der Waals surface area contributed by atoms with Gasteiger partial charge in [0.05, 0.1) is 0 Å². The van der Waals surface area contributed by atoms with E-state index in [1.807, 2.05) is 88.6 Å². The molecule has 128 valence electrons. The van der Waals surface area contributed by atoms with Crippen molar-refractivity contribution in [2.75, 3.05) is 20.6 Å². The molecule has 0 N–H and O–H groups in total. The Kier molecular flexibility index (Phi) is 6.16. The molecule has 2 aromatic carbocycles. The molecule has 24 heavy (non-hydrogen) atoms. The second kappa shape index (κ2) is 8.11. The lowest BCUT2D eigenvalue weighted by atomic mass is 9.76. The van der Waals surface area contributed by atoms with Crippen molar-refractivity contribution in [1.29, 1.82) is 0 Å². The number of nitrogens with zero attached hydrogens (tertiary/aromatic N) is 1. The molecule has 1 unspecified atom stereocenters. The number of rotatable bonds is 7. The van der Waals surface area contributed by atoms with E-state index in [-0.39, 0.29) is 12.1 Å². The molecule has 0 aliphatic rings. The maximum absolute atomic E-state index is 13.1. The zero-order valence-corrected chi connectivity index (χ0v) is 15.0. The van der Waals surface area contributed by atoms with Crippen LogP contribution in [0.4, 0.5) is 0 Å². The van der Waals surface area contributed by atoms with Crippen LogP contribution in [-0.2, 0) is 14.9 Å². The van der Waals surface area contributed by atoms with Gasteiger partial charge in [-0.15, -0.1) is 0 Å². The molecule has 0 aliphatic heterocycles. The summed E-state index contributed by atoms with van der Waals surface area (Å²) in [6, 6.07) is 19.7. The van der Waals surface area contributed by atoms with Crippen LogP contribution in [0.3, 0.4) is 0 Å². The largest absolute Gasteiger partial charge is 0.462 e. The summed E-state index contributed by atoms with van der Waals surface area (Å²) in [5.74, 6) is -0.203. The monoisotopic (exact) mass is 325 g/mol. The molecule has 0 fully saturated rings. The predicted octanol–water partition coefficient (Wildman–Crippen LogP) is 3.88. The molecular formula is C21H27NO2. The molecule has 3 heteroatoms. The zero-order chi connectivity index (χ0) is 17.6. The first-order chi connectivity index (χ1) is 11.4. The first-order valence-corrected chi connectivity index (χ1v) is 8.41. The van der Waals surface area contributed by atoms with Crippen molar-refractivity contribution in [3.05, 3.63) is 71.8 Å². The quantitative estimate of drug-likeness (QED) is 0.724. The summed E-state index contributed by atoms with van der Waals surface area (Å²) in [5.41, 5.74) is 1.08. The van der Waals surface area contributed by atoms with Gasteiger partial charge in [-0.05, 0) is 45.5 Å². The Balaban J connectivity index is 2.28. The summed E-state index contributed by atoms with van der Waals surface area (Å²) in [5, 5.41) is 0. The second-order valence-electron chi connectivity index (χ2n) is 6.66. The third-order valence-electron chi connectivity index (χ3n) is 4.40. The van der Waals surface area contributed by atoms with Gasteiger partial charge in [-0.3, -0.25) is 4.79 Å². The molecule has 0 radical (unpaired) electrons. The maximum atomic E-state index is 13.1. The van der Waals surface area contributed by atoms with Gasteiger partial charge >= 0.3 is 5.97 Å². The molecule has 0 aromatic heterocycles. The van der Waals surface area contributed by atoms with E-state index >= 15 is 0 Å². The van der Waals surface area contributed by atoms with Crippen LogP contribution in [-0.4, -0.2) is 37.6 Å². The van der Waals surface area contributed by atoms with E-state index in [9.17, 15) is 4.79 Å². The molecule has 2 rings (SSSR count). The molecule has 2 aromatic rings. The van der Waals surface area contributed by atoms with E-state index in [0.717, 1.165) is 24.1 Å². The van der Waals surface area contributed by atoms with Crippen molar-refractivity contribution in [2.24, 2.45) is 0 Å². The van der Waals surface area contributed by atoms with Crippen LogP contribution < -0.4 is 0 Å². The Morgan fingerprint density at radius 3 is 1.88 bits per heavy atom. The number of ether oxygens (including phenoxy) is 1. The molecule has 0 spiro atoms. The molecule has 3 nitrogen and oxygen atoms in total. The van der Waals surface area contributed by atoms with Crippen molar-refractivity contribution >= 4 is 5.97 Å². The highest BCUT2D eigenvalue weighted by Gasteiger charge is 2.39. The van der Waals surface area contributed by atoms with Gasteiger partial charge in [-0.1, -0.05) is 60.7 Å². The van der Waals surface area contributed by atoms with Crippen molar-refractivity contribution in [2.45, 2.75) is 31.8 Å². The fourth-order valence-corrected chi connectivity index (χ4v) is 2.74. The third kappa shape index (κ3) is 4.24. The summed E-state index contributed by atoms with van der Waals surface area (Å²) in [6.07, 6.45) is 0.699. The molecule has 0 heterocycles. The maximum Gasteiger partial charge on any atom is 0.321 e. The highest BCUT2D eigenvalue weighted by molar-refractivity contribution is 5.87. The van der Waals surface area contributed by atoms with Crippen LogP contribution >= 0.6 is 0 Å². The fourth-order valence-electron chi connectivity index (χ4n) is 2.74. The zero-order valence-electron chi connectivity index (χ0n) is 15.0. The summed E-state index contributed by atoms with van der Waals surface area (Å²) in [4.78, 5) is 15.2. The fraction of sp³-hybridized carbons (Fsp3) is 0.381. The third-order valence-corrected chi connectivity index (χ3v) is 4.40. The standard InChI is InChI=1S/C21H27NO2/c1-17(15-16-22(3)4)24-20(23)21(2,18-11-7-5-8-12-18)19-13-9-6-10-14-19/h5-14,17H,15-16H2,1-4H3. The number of hydrogen-bond acceptors (Lipinski definition) is 3. The minimum absolute atomic E-state index is 0.119. The summed E-state index contributed by atoms with van der Waals surface area (Å²) < 4.78 is 5.81. The SMILES string of the molecule is CC(CCN(C)C)OC(=O)C(C)(c1ccccc1)c1ccccc1. The normalized spacial score (nSPS) is 12.9. The van der Waals surface area contributed by atoms with Crippen molar-refractivity contribution in [1.82, 2.24) is 4.90 Å². The van der Waals surface area contributed by atoms with Crippen LogP contribution in [0, 0.1) is 0 Å². The van der Waals surface area contributed by atoms with Gasteiger partial charge in [-0.25, -0.2) is 0 Å². The molecule has 0 amide bonds. The number of carbonyl (C=O) groups excluding carboxylic acids is 1. The molecule has 0 aliphatic carbocycles. The van der Waals surface area contributed by atoms with Gasteiger partial charge in [0.1, 0.15) is 11.5 Å². The van der Waals surface area contributed by atoms with Crippen molar-refractivity contribution in [3.63, 3.8) is 0 Å². The first-order valence-electron chi connectivity index (χ1n) is 8.41. The topological polar surface area (TPSA) is 29.5 Å². The average molecular weight is 325 g/mol. The van der Waals surface area contributed by atoms with Gasteiger partial charge in [0.25, 0.3) is 0 Å². The lowest BCUT2D eigenvalue weighted by Gasteiger charge is -2.30. The Bertz CT molecular complexity index is 598. The number of esters is 1. The molecule has 0 saturated heterocycles. The molecule has 0 bridgehead atoms. The molecular weight excluding hydrogens is 298 g/mol. The lowest BCUT2D eigenvalue weighted by Crippen LogP contribution is -2.38. The predicted molar refractivity (Wildman–Crippen MR) is 98.1 cm³/mol. The van der Waals surface area contributed by atoms with E-state index in [4.69, 9.17) is 4.74 Å². The van der Waals surface area contributed by atoms with Crippen LogP contribution in [0.5, 0.6) is 0 Å². The average Bonchev–Trinajstić information content (AvgIpc) is 2.60. The molecule has 1 atom stereocenters. The summed E-state index contributed by atoms with van der Waals surface area (Å²) >= 11 is 0. The van der Waals surface area contributed by atoms with E-state index in [1.165, 1.54) is 0 Å². The van der Waals surface area contributed by atoms with Gasteiger partial charge in [-0.2, -0.15) is 0 Å². The minimum atomic E-state index is -0.811. The van der Waals surface area contributed by atoms with E-state index < -0.39 is 5.41 Å². The Morgan fingerprint density at radius 1 is 1.00 bits per heavy atom.